The molecular formula is C25H30N6O4S. The van der Waals surface area contributed by atoms with Gasteiger partial charge in [-0.3, -0.25) is 9.52 Å². The molecule has 1 aliphatic heterocycles. The van der Waals surface area contributed by atoms with Crippen LogP contribution < -0.4 is 14.9 Å². The predicted molar refractivity (Wildman–Crippen MR) is 137 cm³/mol. The van der Waals surface area contributed by atoms with Crippen LogP contribution in [0.2, 0.25) is 0 Å². The zero-order valence-corrected chi connectivity index (χ0v) is 20.8. The molecule has 3 fully saturated rings. The van der Waals surface area contributed by atoms with Crippen LogP contribution >= 0.6 is 0 Å². The topological polar surface area (TPSA) is 129 Å². The highest BCUT2D eigenvalue weighted by Gasteiger charge is 2.44. The Morgan fingerprint density at radius 1 is 1.14 bits per heavy atom. The summed E-state index contributed by atoms with van der Waals surface area (Å²) in [4.78, 5) is 20.3. The smallest absolute Gasteiger partial charge is 0.258 e. The molecule has 0 unspecified atom stereocenters. The summed E-state index contributed by atoms with van der Waals surface area (Å²) < 4.78 is 28.7. The molecule has 1 saturated heterocycles. The molecule has 2 aromatic heterocycles. The molecule has 0 bridgehead atoms. The molecule has 10 nitrogen and oxygen atoms in total. The first-order valence-corrected chi connectivity index (χ1v) is 14.2. The van der Waals surface area contributed by atoms with Crippen molar-refractivity contribution in [3.8, 4) is 0 Å². The van der Waals surface area contributed by atoms with Crippen LogP contribution in [0, 0.1) is 5.41 Å². The van der Waals surface area contributed by atoms with Gasteiger partial charge in [-0.05, 0) is 74.1 Å². The second-order valence-electron chi connectivity index (χ2n) is 10.3. The Labute approximate surface area is 209 Å². The number of hydrogen-bond acceptors (Lipinski definition) is 7. The van der Waals surface area contributed by atoms with Crippen molar-refractivity contribution in [1.82, 2.24) is 14.6 Å². The zero-order chi connectivity index (χ0) is 24.9. The average molecular weight is 511 g/mol. The van der Waals surface area contributed by atoms with Crippen LogP contribution in [-0.2, 0) is 10.0 Å². The van der Waals surface area contributed by atoms with E-state index in [9.17, 15) is 13.2 Å². The van der Waals surface area contributed by atoms with E-state index < -0.39 is 16.6 Å². The number of sulfonamides is 1. The number of hydrogen-bond donors (Lipinski definition) is 3. The van der Waals surface area contributed by atoms with Crippen molar-refractivity contribution >= 4 is 38.8 Å². The van der Waals surface area contributed by atoms with Gasteiger partial charge in [-0.15, -0.1) is 0 Å². The van der Waals surface area contributed by atoms with E-state index in [1.54, 1.807) is 35.0 Å². The van der Waals surface area contributed by atoms with E-state index in [1.807, 2.05) is 6.20 Å². The minimum Gasteiger partial charge on any atom is -0.395 e. The van der Waals surface area contributed by atoms with Crippen LogP contribution in [0.3, 0.4) is 0 Å². The molecule has 1 aromatic carbocycles. The van der Waals surface area contributed by atoms with Crippen LogP contribution in [0.15, 0.2) is 36.7 Å². The molecule has 2 saturated carbocycles. The SMILES string of the molecule is O=C(Nc1ccn2ncc(C3CC3)c2n1)c1ccc(NS(=O)(=O)CCO)cc1N1CCC2(CC1)CC2. The number of aliphatic hydroxyl groups is 1. The number of aliphatic hydroxyl groups excluding tert-OH is 1. The standard InChI is InChI=1S/C25H30N6O4S/c32-13-14-36(34,35)29-18-3-4-19(21(15-18)30-11-8-25(6-7-25)9-12-30)24(33)28-22-5-10-31-23(27-22)20(16-26-31)17-1-2-17/h3-5,10,15-17,29,32H,1-2,6-9,11-14H2,(H,27,28,33). The molecule has 3 aliphatic rings. The van der Waals surface area contributed by atoms with E-state index in [-0.39, 0.29) is 11.7 Å². The summed E-state index contributed by atoms with van der Waals surface area (Å²) in [6, 6.07) is 6.67. The van der Waals surface area contributed by atoms with E-state index >= 15 is 0 Å². The van der Waals surface area contributed by atoms with Crippen LogP contribution in [0.25, 0.3) is 5.65 Å². The first kappa shape index (κ1) is 23.2. The van der Waals surface area contributed by atoms with Gasteiger partial charge >= 0.3 is 0 Å². The van der Waals surface area contributed by atoms with Gasteiger partial charge in [-0.1, -0.05) is 0 Å². The number of benzene rings is 1. The summed E-state index contributed by atoms with van der Waals surface area (Å²) >= 11 is 0. The van der Waals surface area contributed by atoms with Crippen molar-refractivity contribution in [3.05, 3.63) is 47.8 Å². The van der Waals surface area contributed by atoms with Gasteiger partial charge in [0.2, 0.25) is 10.0 Å². The molecule has 2 aliphatic carbocycles. The lowest BCUT2D eigenvalue weighted by atomic mass is 9.93. The molecule has 3 aromatic rings. The number of aromatic nitrogens is 3. The summed E-state index contributed by atoms with van der Waals surface area (Å²) in [5, 5.41) is 16.4. The highest BCUT2D eigenvalue weighted by atomic mass is 32.2. The molecule has 190 valence electrons. The third kappa shape index (κ3) is 4.64. The largest absolute Gasteiger partial charge is 0.395 e. The van der Waals surface area contributed by atoms with Gasteiger partial charge in [-0.2, -0.15) is 5.10 Å². The molecule has 0 atom stereocenters. The van der Waals surface area contributed by atoms with Crippen LogP contribution in [0.4, 0.5) is 17.2 Å². The van der Waals surface area contributed by atoms with Gasteiger partial charge in [0.05, 0.1) is 35.5 Å². The fourth-order valence-corrected chi connectivity index (χ4v) is 5.95. The number of anilines is 3. The maximum absolute atomic E-state index is 13.4. The summed E-state index contributed by atoms with van der Waals surface area (Å²) in [5.74, 6) is 0.251. The lowest BCUT2D eigenvalue weighted by Crippen LogP contribution is -2.35. The third-order valence-corrected chi connectivity index (χ3v) is 8.92. The molecule has 36 heavy (non-hydrogen) atoms. The van der Waals surface area contributed by atoms with Gasteiger partial charge in [0.15, 0.2) is 5.65 Å². The second kappa shape index (κ2) is 8.74. The number of nitrogens with zero attached hydrogens (tertiary/aromatic N) is 4. The van der Waals surface area contributed by atoms with Gasteiger partial charge in [-0.25, -0.2) is 17.9 Å². The Morgan fingerprint density at radius 3 is 2.61 bits per heavy atom. The van der Waals surface area contributed by atoms with Gasteiger partial charge in [0, 0.05) is 24.8 Å². The lowest BCUT2D eigenvalue weighted by molar-refractivity contribution is 0.102. The highest BCUT2D eigenvalue weighted by molar-refractivity contribution is 7.92. The second-order valence-corrected chi connectivity index (χ2v) is 12.1. The monoisotopic (exact) mass is 510 g/mol. The molecular weight excluding hydrogens is 480 g/mol. The van der Waals surface area contributed by atoms with Crippen LogP contribution in [-0.4, -0.2) is 59.5 Å². The minimum absolute atomic E-state index is 0.300. The van der Waals surface area contributed by atoms with E-state index in [4.69, 9.17) is 5.11 Å². The molecule has 11 heteroatoms. The molecule has 1 spiro atoms. The summed E-state index contributed by atoms with van der Waals surface area (Å²) in [7, 11) is -3.68. The van der Waals surface area contributed by atoms with Gasteiger partial charge < -0.3 is 15.3 Å². The van der Waals surface area contributed by atoms with Crippen LogP contribution in [0.1, 0.15) is 60.4 Å². The first-order valence-electron chi connectivity index (χ1n) is 12.5. The van der Waals surface area contributed by atoms with Crippen molar-refractivity contribution < 1.29 is 18.3 Å². The molecule has 3 N–H and O–H groups in total. The zero-order valence-electron chi connectivity index (χ0n) is 20.0. The predicted octanol–water partition coefficient (Wildman–Crippen LogP) is 2.97. The molecule has 3 heterocycles. The number of rotatable bonds is 8. The van der Waals surface area contributed by atoms with Gasteiger partial charge in [0.25, 0.3) is 5.91 Å². The maximum Gasteiger partial charge on any atom is 0.258 e. The highest BCUT2D eigenvalue weighted by Crippen LogP contribution is 2.54. The molecule has 0 radical (unpaired) electrons. The van der Waals surface area contributed by atoms with E-state index in [0.29, 0.717) is 34.1 Å². The quantitative estimate of drug-likeness (QED) is 0.425. The Kier molecular flexibility index (Phi) is 5.64. The third-order valence-electron chi connectivity index (χ3n) is 7.65. The Hall–Kier alpha value is -3.18. The molecule has 6 rings (SSSR count). The van der Waals surface area contributed by atoms with Crippen LogP contribution in [0.5, 0.6) is 0 Å². The summed E-state index contributed by atoms with van der Waals surface area (Å²) in [6.45, 7) is 1.17. The number of piperidine rings is 1. The Morgan fingerprint density at radius 2 is 1.92 bits per heavy atom. The maximum atomic E-state index is 13.4. The first-order chi connectivity index (χ1) is 17.3. The average Bonchev–Trinajstić information content (AvgIpc) is 3.79. The number of carbonyl (C=O) groups excluding carboxylic acids is 1. The number of nitrogens with one attached hydrogen (secondary N) is 2. The minimum atomic E-state index is -3.68. The van der Waals surface area contributed by atoms with Crippen molar-refractivity contribution in [2.24, 2.45) is 5.41 Å². The summed E-state index contributed by atoms with van der Waals surface area (Å²) in [5.41, 5.74) is 3.85. The van der Waals surface area contributed by atoms with E-state index in [1.165, 1.54) is 12.8 Å². The number of amides is 1. The van der Waals surface area contributed by atoms with E-state index in [2.05, 4.69) is 25.0 Å². The number of carbonyl (C=O) groups is 1. The van der Waals surface area contributed by atoms with Crippen molar-refractivity contribution in [1.29, 1.82) is 0 Å². The summed E-state index contributed by atoms with van der Waals surface area (Å²) in [6.07, 6.45) is 10.6. The Bertz CT molecular complexity index is 1420. The Balaban J connectivity index is 1.29. The fraction of sp³-hybridized carbons (Fsp3) is 0.480. The molecule has 1 amide bonds. The number of fused-ring (bicyclic) bond motifs is 1. The van der Waals surface area contributed by atoms with Gasteiger partial charge in [0.1, 0.15) is 5.82 Å². The van der Waals surface area contributed by atoms with Crippen molar-refractivity contribution in [2.45, 2.75) is 44.4 Å². The lowest BCUT2D eigenvalue weighted by Gasteiger charge is -2.35. The van der Waals surface area contributed by atoms with Crippen molar-refractivity contribution in [3.63, 3.8) is 0 Å². The fourth-order valence-electron chi connectivity index (χ4n) is 5.12. The van der Waals surface area contributed by atoms with E-state index in [0.717, 1.165) is 50.0 Å². The van der Waals surface area contributed by atoms with Crippen molar-refractivity contribution in [2.75, 3.05) is 40.4 Å². The normalized spacial score (nSPS) is 19.0.